The van der Waals surface area contributed by atoms with Crippen molar-refractivity contribution < 1.29 is 14.3 Å². The fourth-order valence-electron chi connectivity index (χ4n) is 2.40. The molecule has 0 spiro atoms. The van der Waals surface area contributed by atoms with E-state index in [-0.39, 0.29) is 11.7 Å². The zero-order chi connectivity index (χ0) is 17.3. The first-order valence-electron chi connectivity index (χ1n) is 7.67. The zero-order valence-electron chi connectivity index (χ0n) is 13.4. The molecule has 7 heteroatoms. The van der Waals surface area contributed by atoms with Crippen LogP contribution in [0.2, 0.25) is 0 Å². The summed E-state index contributed by atoms with van der Waals surface area (Å²) < 4.78 is 14.8. The summed E-state index contributed by atoms with van der Waals surface area (Å²) in [7, 11) is 0. The Morgan fingerprint density at radius 3 is 2.79 bits per heavy atom. The lowest BCUT2D eigenvalue weighted by molar-refractivity contribution is 0.0949. The van der Waals surface area contributed by atoms with Crippen molar-refractivity contribution in [3.05, 3.63) is 46.7 Å². The van der Waals surface area contributed by atoms with E-state index in [0.717, 1.165) is 21.6 Å². The molecule has 1 aromatic carbocycles. The van der Waals surface area contributed by atoms with Gasteiger partial charge in [0.15, 0.2) is 0 Å². The minimum atomic E-state index is -0.443. The molecule has 0 bridgehead atoms. The van der Waals surface area contributed by atoms with Crippen molar-refractivity contribution in [3.63, 3.8) is 0 Å². The number of nitrogens with zero attached hydrogens (tertiary/aromatic N) is 2. The summed E-state index contributed by atoms with van der Waals surface area (Å²) in [6, 6.07) is 7.90. The van der Waals surface area contributed by atoms with Gasteiger partial charge in [0.05, 0.1) is 22.4 Å². The van der Waals surface area contributed by atoms with Crippen molar-refractivity contribution in [3.8, 4) is 5.69 Å². The number of aliphatic hydroxyl groups excluding tert-OH is 1. The second-order valence-corrected chi connectivity index (χ2v) is 6.73. The Morgan fingerprint density at radius 1 is 1.42 bits per heavy atom. The molecule has 2 aromatic heterocycles. The van der Waals surface area contributed by atoms with Crippen LogP contribution in [-0.4, -0.2) is 33.4 Å². The molecule has 0 radical (unpaired) electrons. The molecule has 0 aliphatic heterocycles. The molecule has 2 heterocycles. The molecule has 0 aliphatic carbocycles. The van der Waals surface area contributed by atoms with Gasteiger partial charge in [-0.05, 0) is 50.6 Å². The lowest BCUT2D eigenvalue weighted by Crippen LogP contribution is -2.25. The molecule has 0 aliphatic rings. The minimum Gasteiger partial charge on any atom is -0.393 e. The number of nitrogens with one attached hydrogen (secondary N) is 1. The highest BCUT2D eigenvalue weighted by Crippen LogP contribution is 2.30. The summed E-state index contributed by atoms with van der Waals surface area (Å²) in [6.45, 7) is 3.99. The molecule has 0 fully saturated rings. The highest BCUT2D eigenvalue weighted by molar-refractivity contribution is 7.20. The van der Waals surface area contributed by atoms with Crippen LogP contribution in [0.15, 0.2) is 30.3 Å². The molecule has 1 unspecified atom stereocenters. The van der Waals surface area contributed by atoms with E-state index >= 15 is 0 Å². The van der Waals surface area contributed by atoms with Crippen molar-refractivity contribution in [1.29, 1.82) is 0 Å². The van der Waals surface area contributed by atoms with Crippen LogP contribution in [0.5, 0.6) is 0 Å². The fourth-order valence-corrected chi connectivity index (χ4v) is 3.50. The van der Waals surface area contributed by atoms with Gasteiger partial charge in [-0.1, -0.05) is 0 Å². The van der Waals surface area contributed by atoms with Gasteiger partial charge in [0.1, 0.15) is 10.6 Å². The van der Waals surface area contributed by atoms with Crippen LogP contribution in [0.1, 0.15) is 28.7 Å². The van der Waals surface area contributed by atoms with Crippen LogP contribution in [0.4, 0.5) is 4.39 Å². The Labute approximate surface area is 142 Å². The van der Waals surface area contributed by atoms with Crippen molar-refractivity contribution in [2.45, 2.75) is 26.4 Å². The van der Waals surface area contributed by atoms with Crippen molar-refractivity contribution in [2.24, 2.45) is 0 Å². The smallest absolute Gasteiger partial charge is 0.261 e. The van der Waals surface area contributed by atoms with Gasteiger partial charge in [0, 0.05) is 11.9 Å². The van der Waals surface area contributed by atoms with Gasteiger partial charge >= 0.3 is 0 Å². The summed E-state index contributed by atoms with van der Waals surface area (Å²) >= 11 is 1.34. The van der Waals surface area contributed by atoms with Crippen molar-refractivity contribution >= 4 is 27.5 Å². The monoisotopic (exact) mass is 347 g/mol. The largest absolute Gasteiger partial charge is 0.393 e. The minimum absolute atomic E-state index is 0.165. The highest BCUT2D eigenvalue weighted by atomic mass is 32.1. The number of carbonyl (C=O) groups excluding carboxylic acids is 1. The molecule has 3 aromatic rings. The number of amides is 1. The number of aromatic nitrogens is 2. The van der Waals surface area contributed by atoms with Gasteiger partial charge in [-0.2, -0.15) is 5.10 Å². The Hall–Kier alpha value is -2.25. The van der Waals surface area contributed by atoms with Gasteiger partial charge in [-0.25, -0.2) is 9.07 Å². The van der Waals surface area contributed by atoms with Crippen LogP contribution >= 0.6 is 11.3 Å². The SMILES string of the molecule is Cc1nn(-c2ccc(F)cc2)c2sc(C(=O)NCCC(C)O)cc12. The average Bonchev–Trinajstić information content (AvgIpc) is 3.09. The van der Waals surface area contributed by atoms with E-state index in [2.05, 4.69) is 10.4 Å². The summed E-state index contributed by atoms with van der Waals surface area (Å²) in [5.74, 6) is -0.467. The maximum absolute atomic E-state index is 13.1. The maximum atomic E-state index is 13.1. The van der Waals surface area contributed by atoms with Crippen molar-refractivity contribution in [1.82, 2.24) is 15.1 Å². The predicted octanol–water partition coefficient (Wildman–Crippen LogP) is 3.04. The summed E-state index contributed by atoms with van der Waals surface area (Å²) in [4.78, 5) is 13.7. The average molecular weight is 347 g/mol. The third-order valence-corrected chi connectivity index (χ3v) is 4.80. The number of fused-ring (bicyclic) bond motifs is 1. The fraction of sp³-hybridized carbons (Fsp3) is 0.294. The van der Waals surface area contributed by atoms with E-state index in [1.165, 1.54) is 23.5 Å². The molecule has 24 heavy (non-hydrogen) atoms. The molecule has 1 amide bonds. The number of aryl methyl sites for hydroxylation is 1. The second-order valence-electron chi connectivity index (χ2n) is 5.70. The van der Waals surface area contributed by atoms with E-state index in [1.807, 2.05) is 13.0 Å². The first kappa shape index (κ1) is 16.6. The number of thiophene rings is 1. The normalized spacial score (nSPS) is 12.5. The maximum Gasteiger partial charge on any atom is 0.261 e. The second kappa shape index (κ2) is 6.70. The van der Waals surface area contributed by atoms with Crippen molar-refractivity contribution in [2.75, 3.05) is 6.54 Å². The number of benzene rings is 1. The van der Waals surface area contributed by atoms with Gasteiger partial charge in [-0.15, -0.1) is 11.3 Å². The number of carbonyl (C=O) groups is 1. The van der Waals surface area contributed by atoms with Gasteiger partial charge in [-0.3, -0.25) is 4.79 Å². The number of aliphatic hydroxyl groups is 1. The Balaban J connectivity index is 1.89. The van der Waals surface area contributed by atoms with Crippen LogP contribution in [-0.2, 0) is 0 Å². The standard InChI is InChI=1S/C17H18FN3O2S/c1-10(22)7-8-19-16(23)15-9-14-11(2)20-21(17(14)24-15)13-5-3-12(18)4-6-13/h3-6,9-10,22H,7-8H2,1-2H3,(H,19,23). The topological polar surface area (TPSA) is 67.2 Å². The zero-order valence-corrected chi connectivity index (χ0v) is 14.2. The number of hydrogen-bond acceptors (Lipinski definition) is 4. The summed E-state index contributed by atoms with van der Waals surface area (Å²) in [5, 5.41) is 17.4. The number of halogens is 1. The van der Waals surface area contributed by atoms with E-state index in [4.69, 9.17) is 0 Å². The molecular formula is C17H18FN3O2S. The lowest BCUT2D eigenvalue weighted by atomic mass is 10.2. The molecule has 5 nitrogen and oxygen atoms in total. The number of rotatable bonds is 5. The van der Waals surface area contributed by atoms with Crippen LogP contribution < -0.4 is 5.32 Å². The third kappa shape index (κ3) is 3.32. The Kier molecular flexibility index (Phi) is 4.64. The molecule has 2 N–H and O–H groups in total. The predicted molar refractivity (Wildman–Crippen MR) is 92.3 cm³/mol. The first-order valence-corrected chi connectivity index (χ1v) is 8.48. The van der Waals surface area contributed by atoms with Crippen LogP contribution in [0, 0.1) is 12.7 Å². The third-order valence-electron chi connectivity index (χ3n) is 3.69. The number of hydrogen-bond donors (Lipinski definition) is 2. The van der Waals surface area contributed by atoms with E-state index < -0.39 is 6.10 Å². The first-order chi connectivity index (χ1) is 11.5. The quantitative estimate of drug-likeness (QED) is 0.745. The van der Waals surface area contributed by atoms with Crippen LogP contribution in [0.3, 0.4) is 0 Å². The van der Waals surface area contributed by atoms with E-state index in [1.54, 1.807) is 23.7 Å². The Bertz CT molecular complexity index is 868. The molecule has 126 valence electrons. The molecule has 1 atom stereocenters. The lowest BCUT2D eigenvalue weighted by Gasteiger charge is -2.05. The van der Waals surface area contributed by atoms with E-state index in [9.17, 15) is 14.3 Å². The summed E-state index contributed by atoms with van der Waals surface area (Å²) in [6.07, 6.45) is 0.0703. The molecule has 0 saturated heterocycles. The van der Waals surface area contributed by atoms with Crippen LogP contribution in [0.25, 0.3) is 15.9 Å². The highest BCUT2D eigenvalue weighted by Gasteiger charge is 2.17. The van der Waals surface area contributed by atoms with Gasteiger partial charge in [0.25, 0.3) is 5.91 Å². The molecule has 3 rings (SSSR count). The van der Waals surface area contributed by atoms with E-state index in [0.29, 0.717) is 17.8 Å². The molecular weight excluding hydrogens is 329 g/mol. The summed E-state index contributed by atoms with van der Waals surface area (Å²) in [5.41, 5.74) is 1.56. The van der Waals surface area contributed by atoms with Gasteiger partial charge < -0.3 is 10.4 Å². The van der Waals surface area contributed by atoms with Gasteiger partial charge in [0.2, 0.25) is 0 Å². The Morgan fingerprint density at radius 2 is 2.12 bits per heavy atom. The molecule has 0 saturated carbocycles.